The number of benzene rings is 2. The highest BCUT2D eigenvalue weighted by atomic mass is 16.5. The number of amides is 1. The average molecular weight is 461 g/mol. The van der Waals surface area contributed by atoms with Crippen molar-refractivity contribution in [3.63, 3.8) is 0 Å². The first-order chi connectivity index (χ1) is 16.5. The van der Waals surface area contributed by atoms with Crippen LogP contribution in [0.5, 0.6) is 17.2 Å². The smallest absolute Gasteiger partial charge is 0.277 e. The predicted molar refractivity (Wildman–Crippen MR) is 126 cm³/mol. The van der Waals surface area contributed by atoms with Crippen molar-refractivity contribution in [2.75, 3.05) is 32.0 Å². The maximum Gasteiger partial charge on any atom is 0.277 e. The van der Waals surface area contributed by atoms with Crippen molar-refractivity contribution in [3.8, 4) is 28.5 Å². The number of rotatable bonds is 8. The average Bonchev–Trinajstić information content (AvgIpc) is 3.30. The Morgan fingerprint density at radius 1 is 0.941 bits per heavy atom. The molecule has 0 saturated carbocycles. The molecule has 4 aromatic rings. The van der Waals surface area contributed by atoms with E-state index in [0.717, 1.165) is 5.56 Å². The molecule has 34 heavy (non-hydrogen) atoms. The van der Waals surface area contributed by atoms with Gasteiger partial charge in [0, 0.05) is 41.3 Å². The summed E-state index contributed by atoms with van der Waals surface area (Å²) < 4.78 is 21.1. The van der Waals surface area contributed by atoms with Crippen LogP contribution in [0.4, 0.5) is 17.3 Å². The summed E-state index contributed by atoms with van der Waals surface area (Å²) in [6.07, 6.45) is 1.64. The third-order valence-electron chi connectivity index (χ3n) is 4.85. The number of carbonyl (C=O) groups excluding carboxylic acids is 1. The quantitative estimate of drug-likeness (QED) is 0.392. The lowest BCUT2D eigenvalue weighted by Crippen LogP contribution is -2.12. The van der Waals surface area contributed by atoms with E-state index in [2.05, 4.69) is 25.8 Å². The van der Waals surface area contributed by atoms with Crippen molar-refractivity contribution in [1.29, 1.82) is 0 Å². The summed E-state index contributed by atoms with van der Waals surface area (Å²) in [5.74, 6) is 2.08. The van der Waals surface area contributed by atoms with Crippen LogP contribution in [-0.2, 0) is 0 Å². The van der Waals surface area contributed by atoms with Gasteiger partial charge in [0.2, 0.25) is 11.7 Å². The second kappa shape index (κ2) is 9.90. The van der Waals surface area contributed by atoms with Crippen molar-refractivity contribution in [2.24, 2.45) is 0 Å². The molecule has 0 spiro atoms. The highest BCUT2D eigenvalue weighted by molar-refractivity contribution is 6.03. The Kier molecular flexibility index (Phi) is 6.58. The molecule has 2 aromatic heterocycles. The molecule has 10 heteroatoms. The van der Waals surface area contributed by atoms with Gasteiger partial charge in [0.05, 0.1) is 27.0 Å². The number of nitrogens with one attached hydrogen (secondary N) is 2. The van der Waals surface area contributed by atoms with E-state index in [1.807, 2.05) is 18.2 Å². The van der Waals surface area contributed by atoms with E-state index in [1.54, 1.807) is 64.8 Å². The highest BCUT2D eigenvalue weighted by Crippen LogP contribution is 2.40. The minimum atomic E-state index is -0.360. The third kappa shape index (κ3) is 4.90. The summed E-state index contributed by atoms with van der Waals surface area (Å²) in [6, 6.07) is 14.2. The largest absolute Gasteiger partial charge is 0.493 e. The van der Waals surface area contributed by atoms with Gasteiger partial charge in [-0.2, -0.15) is 0 Å². The lowest BCUT2D eigenvalue weighted by molar-refractivity contribution is 0.101. The second-order valence-electron chi connectivity index (χ2n) is 7.16. The molecule has 0 atom stereocenters. The number of carbonyl (C=O) groups is 1. The van der Waals surface area contributed by atoms with Gasteiger partial charge in [0.25, 0.3) is 5.91 Å². The topological polar surface area (TPSA) is 121 Å². The summed E-state index contributed by atoms with van der Waals surface area (Å²) in [6.45, 7) is 1.73. The van der Waals surface area contributed by atoms with Crippen molar-refractivity contribution >= 4 is 23.2 Å². The number of aryl methyl sites for hydroxylation is 1. The molecule has 2 aromatic carbocycles. The normalized spacial score (nSPS) is 10.5. The number of hydrogen-bond acceptors (Lipinski definition) is 9. The molecule has 1 amide bonds. The molecule has 2 N–H and O–H groups in total. The molecular weight excluding hydrogens is 438 g/mol. The monoisotopic (exact) mass is 461 g/mol. The fourth-order valence-electron chi connectivity index (χ4n) is 3.29. The standard InChI is InChI=1S/C24H23N5O5/c1-14-10-19(29-34-14)23(30)26-16-7-5-6-15(11-16)18-8-9-25-24(28-18)27-17-12-20(31-2)22(33-4)21(13-17)32-3/h5-13H,1-4H3,(H,26,30)(H,25,27,28). The summed E-state index contributed by atoms with van der Waals surface area (Å²) in [5, 5.41) is 9.71. The second-order valence-corrected chi connectivity index (χ2v) is 7.16. The van der Waals surface area contributed by atoms with E-state index < -0.39 is 0 Å². The summed E-state index contributed by atoms with van der Waals surface area (Å²) >= 11 is 0. The summed E-state index contributed by atoms with van der Waals surface area (Å²) in [4.78, 5) is 21.3. The first-order valence-corrected chi connectivity index (χ1v) is 10.3. The molecule has 0 aliphatic carbocycles. The Morgan fingerprint density at radius 2 is 1.71 bits per heavy atom. The SMILES string of the molecule is COc1cc(Nc2nccc(-c3cccc(NC(=O)c4cc(C)on4)c3)n2)cc(OC)c1OC. The van der Waals surface area contributed by atoms with Crippen LogP contribution in [0.1, 0.15) is 16.2 Å². The van der Waals surface area contributed by atoms with Crippen LogP contribution >= 0.6 is 0 Å². The van der Waals surface area contributed by atoms with E-state index in [1.165, 1.54) is 0 Å². The van der Waals surface area contributed by atoms with Crippen molar-refractivity contribution in [2.45, 2.75) is 6.92 Å². The lowest BCUT2D eigenvalue weighted by Gasteiger charge is -2.14. The molecule has 0 aliphatic rings. The Bertz CT molecular complexity index is 1300. The number of nitrogens with zero attached hydrogens (tertiary/aromatic N) is 3. The summed E-state index contributed by atoms with van der Waals surface area (Å²) in [5.41, 5.74) is 2.93. The van der Waals surface area contributed by atoms with E-state index >= 15 is 0 Å². The molecule has 0 saturated heterocycles. The molecule has 4 rings (SSSR count). The van der Waals surface area contributed by atoms with Crippen LogP contribution in [-0.4, -0.2) is 42.4 Å². The Hall–Kier alpha value is -4.60. The van der Waals surface area contributed by atoms with Gasteiger partial charge >= 0.3 is 0 Å². The predicted octanol–water partition coefficient (Wildman–Crippen LogP) is 4.46. The molecule has 2 heterocycles. The molecule has 0 bridgehead atoms. The van der Waals surface area contributed by atoms with E-state index in [0.29, 0.717) is 46.0 Å². The van der Waals surface area contributed by atoms with Gasteiger partial charge in [0.15, 0.2) is 17.2 Å². The van der Waals surface area contributed by atoms with Crippen molar-refractivity contribution < 1.29 is 23.5 Å². The third-order valence-corrected chi connectivity index (χ3v) is 4.85. The fraction of sp³-hybridized carbons (Fsp3) is 0.167. The van der Waals surface area contributed by atoms with Gasteiger partial charge < -0.3 is 29.4 Å². The molecule has 0 radical (unpaired) electrons. The fourth-order valence-corrected chi connectivity index (χ4v) is 3.29. The van der Waals surface area contributed by atoms with Gasteiger partial charge in [-0.15, -0.1) is 0 Å². The number of anilines is 3. The van der Waals surface area contributed by atoms with E-state index in [-0.39, 0.29) is 11.6 Å². The first-order valence-electron chi connectivity index (χ1n) is 10.3. The van der Waals surface area contributed by atoms with Crippen LogP contribution in [0.25, 0.3) is 11.3 Å². The molecule has 10 nitrogen and oxygen atoms in total. The maximum absolute atomic E-state index is 12.4. The molecule has 0 unspecified atom stereocenters. The molecule has 0 fully saturated rings. The van der Waals surface area contributed by atoms with Gasteiger partial charge in [-0.1, -0.05) is 17.3 Å². The van der Waals surface area contributed by atoms with Gasteiger partial charge in [-0.05, 0) is 25.1 Å². The Balaban J connectivity index is 1.56. The minimum absolute atomic E-state index is 0.210. The Labute approximate surface area is 195 Å². The molecule has 0 aliphatic heterocycles. The van der Waals surface area contributed by atoms with Gasteiger partial charge in [-0.3, -0.25) is 4.79 Å². The molecular formula is C24H23N5O5. The summed E-state index contributed by atoms with van der Waals surface area (Å²) in [7, 11) is 4.64. The van der Waals surface area contributed by atoms with E-state index in [4.69, 9.17) is 18.7 Å². The number of hydrogen-bond donors (Lipinski definition) is 2. The maximum atomic E-state index is 12.4. The van der Waals surface area contributed by atoms with Crippen LogP contribution < -0.4 is 24.8 Å². The van der Waals surface area contributed by atoms with Crippen LogP contribution in [0.15, 0.2) is 59.3 Å². The van der Waals surface area contributed by atoms with Crippen LogP contribution in [0.3, 0.4) is 0 Å². The number of ether oxygens (including phenoxy) is 3. The van der Waals surface area contributed by atoms with Crippen molar-refractivity contribution in [3.05, 3.63) is 66.2 Å². The number of methoxy groups -OCH3 is 3. The zero-order valence-electron chi connectivity index (χ0n) is 19.1. The zero-order chi connectivity index (χ0) is 24.1. The molecule has 174 valence electrons. The van der Waals surface area contributed by atoms with Gasteiger partial charge in [0.1, 0.15) is 5.76 Å². The first kappa shape index (κ1) is 22.6. The van der Waals surface area contributed by atoms with Crippen LogP contribution in [0, 0.1) is 6.92 Å². The van der Waals surface area contributed by atoms with E-state index in [9.17, 15) is 4.79 Å². The minimum Gasteiger partial charge on any atom is -0.493 e. The Morgan fingerprint density at radius 3 is 2.35 bits per heavy atom. The van der Waals surface area contributed by atoms with Gasteiger partial charge in [-0.25, -0.2) is 9.97 Å². The van der Waals surface area contributed by atoms with Crippen LogP contribution in [0.2, 0.25) is 0 Å². The number of aromatic nitrogens is 3. The lowest BCUT2D eigenvalue weighted by atomic mass is 10.1. The van der Waals surface area contributed by atoms with Crippen molar-refractivity contribution in [1.82, 2.24) is 15.1 Å². The highest BCUT2D eigenvalue weighted by Gasteiger charge is 2.15. The zero-order valence-corrected chi connectivity index (χ0v) is 19.1.